The van der Waals surface area contributed by atoms with Crippen molar-refractivity contribution in [1.82, 2.24) is 10.3 Å². The highest BCUT2D eigenvalue weighted by atomic mass is 16.6. The first-order chi connectivity index (χ1) is 19.8. The van der Waals surface area contributed by atoms with Crippen molar-refractivity contribution in [2.45, 2.75) is 84.3 Å². The Balaban J connectivity index is 1.50. The number of nitrogens with zero attached hydrogens (tertiary/aromatic N) is 1. The predicted octanol–water partition coefficient (Wildman–Crippen LogP) is 6.98. The second-order valence-corrected chi connectivity index (χ2v) is 11.3. The number of carbonyl (C=O) groups is 2. The first-order valence-electron chi connectivity index (χ1n) is 15.1. The lowest BCUT2D eigenvalue weighted by molar-refractivity contribution is -0.158. The maximum atomic E-state index is 13.4. The number of amides is 1. The molecule has 1 atom stereocenters. The lowest BCUT2D eigenvalue weighted by atomic mass is 9.95. The summed E-state index contributed by atoms with van der Waals surface area (Å²) in [6.07, 6.45) is 8.85. The summed E-state index contributed by atoms with van der Waals surface area (Å²) in [5, 5.41) is 3.37. The van der Waals surface area contributed by atoms with Crippen LogP contribution in [0.4, 0.5) is 5.69 Å². The van der Waals surface area contributed by atoms with E-state index in [1.165, 1.54) is 30.5 Å². The number of anilines is 1. The number of aromatic amines is 1. The SMILES string of the molecule is CCCCC(NC(=O)Cc1ccc(OC(C)(C)C(=O)OCC)cc1)c1ccc(-c2ccc[nH]2)cc1N1CCCCC1. The van der Waals surface area contributed by atoms with Crippen LogP contribution in [0.2, 0.25) is 0 Å². The Morgan fingerprint density at radius 2 is 1.78 bits per heavy atom. The van der Waals surface area contributed by atoms with E-state index in [0.29, 0.717) is 12.4 Å². The van der Waals surface area contributed by atoms with E-state index < -0.39 is 11.6 Å². The van der Waals surface area contributed by atoms with Crippen LogP contribution in [0.1, 0.15) is 83.4 Å². The third-order valence-electron chi connectivity index (χ3n) is 7.62. The predicted molar refractivity (Wildman–Crippen MR) is 164 cm³/mol. The third kappa shape index (κ3) is 8.15. The van der Waals surface area contributed by atoms with Gasteiger partial charge in [0.05, 0.1) is 19.1 Å². The molecule has 2 aromatic carbocycles. The van der Waals surface area contributed by atoms with Crippen molar-refractivity contribution in [3.8, 4) is 17.0 Å². The van der Waals surface area contributed by atoms with E-state index in [4.69, 9.17) is 9.47 Å². The molecular weight excluding hydrogens is 514 g/mol. The molecule has 1 amide bonds. The number of esters is 1. The summed E-state index contributed by atoms with van der Waals surface area (Å²) >= 11 is 0. The molecule has 1 aromatic heterocycles. The topological polar surface area (TPSA) is 83.7 Å². The van der Waals surface area contributed by atoms with Crippen molar-refractivity contribution in [2.24, 2.45) is 0 Å². The number of carbonyl (C=O) groups excluding carboxylic acids is 2. The molecule has 3 aromatic rings. The highest BCUT2D eigenvalue weighted by Gasteiger charge is 2.31. The Morgan fingerprint density at radius 3 is 2.44 bits per heavy atom. The molecule has 1 fully saturated rings. The molecule has 1 aliphatic rings. The van der Waals surface area contributed by atoms with Crippen molar-refractivity contribution >= 4 is 17.6 Å². The zero-order valence-corrected chi connectivity index (χ0v) is 25.0. The van der Waals surface area contributed by atoms with Crippen molar-refractivity contribution in [3.63, 3.8) is 0 Å². The minimum absolute atomic E-state index is 0.00957. The molecule has 0 aliphatic carbocycles. The van der Waals surface area contributed by atoms with Gasteiger partial charge in [0.2, 0.25) is 5.91 Å². The molecule has 0 spiro atoms. The maximum Gasteiger partial charge on any atom is 0.349 e. The number of piperidine rings is 1. The van der Waals surface area contributed by atoms with Gasteiger partial charge in [-0.05, 0) is 93.5 Å². The van der Waals surface area contributed by atoms with Gasteiger partial charge in [-0.15, -0.1) is 0 Å². The monoisotopic (exact) mass is 559 g/mol. The molecule has 1 saturated heterocycles. The van der Waals surface area contributed by atoms with Crippen LogP contribution in [0.3, 0.4) is 0 Å². The van der Waals surface area contributed by atoms with Crippen LogP contribution in [0, 0.1) is 0 Å². The summed E-state index contributed by atoms with van der Waals surface area (Å²) in [7, 11) is 0. The first kappa shape index (κ1) is 30.2. The van der Waals surface area contributed by atoms with E-state index in [2.05, 4.69) is 46.4 Å². The molecule has 2 N–H and O–H groups in total. The smallest absolute Gasteiger partial charge is 0.349 e. The quantitative estimate of drug-likeness (QED) is 0.221. The summed E-state index contributed by atoms with van der Waals surface area (Å²) in [5.41, 5.74) is 4.47. The lowest BCUT2D eigenvalue weighted by Gasteiger charge is -2.33. The van der Waals surface area contributed by atoms with E-state index in [1.807, 2.05) is 24.4 Å². The molecule has 1 unspecified atom stereocenters. The van der Waals surface area contributed by atoms with Gasteiger partial charge in [0, 0.05) is 30.7 Å². The molecule has 0 radical (unpaired) electrons. The minimum atomic E-state index is -1.09. The standard InChI is InChI=1S/C34H45N3O4/c1-5-7-12-30(28-19-16-26(29-13-11-20-35-29)24-31(28)37-21-9-8-10-22-37)36-32(38)23-25-14-17-27(18-15-25)41-34(3,4)33(39)40-6-2/h11,13-20,24,30,35H,5-10,12,21-23H2,1-4H3,(H,36,38). The average molecular weight is 560 g/mol. The van der Waals surface area contributed by atoms with Gasteiger partial charge < -0.3 is 24.7 Å². The summed E-state index contributed by atoms with van der Waals surface area (Å²) in [5.74, 6) is 0.137. The van der Waals surface area contributed by atoms with Crippen LogP contribution in [-0.2, 0) is 20.7 Å². The molecule has 7 nitrogen and oxygen atoms in total. The number of rotatable bonds is 13. The normalized spacial score (nSPS) is 14.4. The largest absolute Gasteiger partial charge is 0.476 e. The van der Waals surface area contributed by atoms with Gasteiger partial charge in [-0.2, -0.15) is 0 Å². The summed E-state index contributed by atoms with van der Waals surface area (Å²) in [6, 6.07) is 18.1. The molecule has 4 rings (SSSR count). The maximum absolute atomic E-state index is 13.4. The van der Waals surface area contributed by atoms with Gasteiger partial charge in [0.15, 0.2) is 5.60 Å². The number of aromatic nitrogens is 1. The van der Waals surface area contributed by atoms with Crippen LogP contribution < -0.4 is 15.0 Å². The highest BCUT2D eigenvalue weighted by molar-refractivity contribution is 5.80. The number of benzene rings is 2. The van der Waals surface area contributed by atoms with E-state index in [9.17, 15) is 9.59 Å². The Kier molecular flexibility index (Phi) is 10.5. The zero-order valence-electron chi connectivity index (χ0n) is 25.0. The van der Waals surface area contributed by atoms with Crippen LogP contribution in [0.15, 0.2) is 60.8 Å². The Labute approximate surface area is 244 Å². The Morgan fingerprint density at radius 1 is 1.02 bits per heavy atom. The van der Waals surface area contributed by atoms with Crippen molar-refractivity contribution in [2.75, 3.05) is 24.6 Å². The summed E-state index contributed by atoms with van der Waals surface area (Å²) < 4.78 is 11.0. The minimum Gasteiger partial charge on any atom is -0.476 e. The van der Waals surface area contributed by atoms with Crippen LogP contribution >= 0.6 is 0 Å². The third-order valence-corrected chi connectivity index (χ3v) is 7.62. The van der Waals surface area contributed by atoms with Crippen LogP contribution in [0.5, 0.6) is 5.75 Å². The molecule has 0 bridgehead atoms. The molecule has 220 valence electrons. The van der Waals surface area contributed by atoms with Crippen LogP contribution in [-0.4, -0.2) is 42.2 Å². The van der Waals surface area contributed by atoms with Gasteiger partial charge in [0.1, 0.15) is 5.75 Å². The van der Waals surface area contributed by atoms with Crippen molar-refractivity contribution in [3.05, 3.63) is 71.9 Å². The Bertz CT molecular complexity index is 1260. The van der Waals surface area contributed by atoms with E-state index >= 15 is 0 Å². The number of nitrogens with one attached hydrogen (secondary N) is 2. The first-order valence-corrected chi connectivity index (χ1v) is 15.1. The second kappa shape index (κ2) is 14.2. The van der Waals surface area contributed by atoms with Gasteiger partial charge in [0.25, 0.3) is 0 Å². The molecule has 41 heavy (non-hydrogen) atoms. The molecule has 7 heteroatoms. The number of ether oxygens (including phenoxy) is 2. The lowest BCUT2D eigenvalue weighted by Crippen LogP contribution is -2.39. The van der Waals surface area contributed by atoms with E-state index in [1.54, 1.807) is 32.9 Å². The average Bonchev–Trinajstić information content (AvgIpc) is 3.52. The van der Waals surface area contributed by atoms with E-state index in [-0.39, 0.29) is 18.4 Å². The number of hydrogen-bond acceptors (Lipinski definition) is 5. The van der Waals surface area contributed by atoms with Crippen molar-refractivity contribution in [1.29, 1.82) is 0 Å². The van der Waals surface area contributed by atoms with Gasteiger partial charge in [-0.1, -0.05) is 44.0 Å². The van der Waals surface area contributed by atoms with Gasteiger partial charge in [-0.25, -0.2) is 4.79 Å². The summed E-state index contributed by atoms with van der Waals surface area (Å²) in [6.45, 7) is 9.71. The molecule has 1 aliphatic heterocycles. The molecular formula is C34H45N3O4. The summed E-state index contributed by atoms with van der Waals surface area (Å²) in [4.78, 5) is 31.4. The second-order valence-electron chi connectivity index (χ2n) is 11.3. The van der Waals surface area contributed by atoms with Crippen molar-refractivity contribution < 1.29 is 19.1 Å². The number of unbranched alkanes of at least 4 members (excludes halogenated alkanes) is 1. The highest BCUT2D eigenvalue weighted by Crippen LogP contribution is 2.35. The van der Waals surface area contributed by atoms with Crippen LogP contribution in [0.25, 0.3) is 11.3 Å². The fraction of sp³-hybridized carbons (Fsp3) is 0.471. The fourth-order valence-corrected chi connectivity index (χ4v) is 5.39. The van der Waals surface area contributed by atoms with E-state index in [0.717, 1.165) is 49.2 Å². The van der Waals surface area contributed by atoms with Gasteiger partial charge >= 0.3 is 5.97 Å². The number of hydrogen-bond donors (Lipinski definition) is 2. The number of H-pyrrole nitrogens is 1. The fourth-order valence-electron chi connectivity index (χ4n) is 5.39. The zero-order chi connectivity index (χ0) is 29.2. The molecule has 2 heterocycles. The molecule has 0 saturated carbocycles. The van der Waals surface area contributed by atoms with Gasteiger partial charge in [-0.3, -0.25) is 4.79 Å². The Hall–Kier alpha value is -3.74.